The number of nitrogens with two attached hydrogens (primary N) is 1. The Kier molecular flexibility index (Phi) is 13.1. The minimum absolute atomic E-state index is 0.0243. The molecular formula is C21H34N4O3. The number of aromatic nitrogens is 1. The molecule has 1 heterocycles. The lowest BCUT2D eigenvalue weighted by atomic mass is 10.1. The molecule has 0 saturated heterocycles. The number of aliphatic imine (C=N–C) groups is 1. The lowest BCUT2D eigenvalue weighted by Crippen LogP contribution is -2.36. The highest BCUT2D eigenvalue weighted by molar-refractivity contribution is 6.01. The van der Waals surface area contributed by atoms with Crippen LogP contribution in [0.3, 0.4) is 0 Å². The van der Waals surface area contributed by atoms with Crippen molar-refractivity contribution in [3.63, 3.8) is 0 Å². The number of allylic oxidation sites excluding steroid dienone is 1. The zero-order valence-electron chi connectivity index (χ0n) is 17.4. The van der Waals surface area contributed by atoms with Gasteiger partial charge in [-0.1, -0.05) is 13.8 Å². The van der Waals surface area contributed by atoms with E-state index < -0.39 is 0 Å². The van der Waals surface area contributed by atoms with Crippen molar-refractivity contribution in [3.05, 3.63) is 23.9 Å². The van der Waals surface area contributed by atoms with Crippen molar-refractivity contribution in [1.29, 1.82) is 0 Å². The Morgan fingerprint density at radius 2 is 2.00 bits per heavy atom. The van der Waals surface area contributed by atoms with Crippen LogP contribution >= 0.6 is 0 Å². The highest BCUT2D eigenvalue weighted by Gasteiger charge is 2.19. The summed E-state index contributed by atoms with van der Waals surface area (Å²) in [5, 5.41) is 12.6. The standard InChI is InChI=1S/C17H26N4O3.C2H6.C2H2/c1-11(2)16(17-19-8-9-24-17)21-14(18)10-15(23)20-12-4-3-5-13(22)7-6-12;2*1-2/h8-9,12-13,22H,3-7,10H2,1-2H3,(H2,18,21)(H,20,23);1-2H3;1-2H. The number of nitrogens with zero attached hydrogens (tertiary/aromatic N) is 2. The van der Waals surface area contributed by atoms with Crippen molar-refractivity contribution in [2.75, 3.05) is 0 Å². The Labute approximate surface area is 168 Å². The number of aliphatic hydroxyl groups is 1. The second kappa shape index (κ2) is 14.5. The normalized spacial score (nSPS) is 19.0. The topological polar surface area (TPSA) is 114 Å². The van der Waals surface area contributed by atoms with Crippen LogP contribution in [0.15, 0.2) is 27.4 Å². The molecule has 0 radical (unpaired) electrons. The highest BCUT2D eigenvalue weighted by Crippen LogP contribution is 2.19. The number of carbonyl (C=O) groups excluding carboxylic acids is 1. The fourth-order valence-corrected chi connectivity index (χ4v) is 2.77. The largest absolute Gasteiger partial charge is 0.443 e. The summed E-state index contributed by atoms with van der Waals surface area (Å²) in [6, 6.07) is 0.0946. The first kappa shape index (κ1) is 25.4. The van der Waals surface area contributed by atoms with Gasteiger partial charge in [0, 0.05) is 6.04 Å². The molecule has 4 N–H and O–H groups in total. The molecule has 0 spiro atoms. The zero-order valence-corrected chi connectivity index (χ0v) is 17.4. The van der Waals surface area contributed by atoms with Gasteiger partial charge in [0.15, 0.2) is 0 Å². The molecule has 1 aliphatic rings. The number of amides is 1. The summed E-state index contributed by atoms with van der Waals surface area (Å²) in [5.74, 6) is 0.449. The van der Waals surface area contributed by atoms with E-state index in [9.17, 15) is 9.90 Å². The van der Waals surface area contributed by atoms with Gasteiger partial charge in [-0.25, -0.2) is 9.98 Å². The molecule has 28 heavy (non-hydrogen) atoms. The number of nitrogens with one attached hydrogen (secondary N) is 1. The quantitative estimate of drug-likeness (QED) is 0.309. The Balaban J connectivity index is 0.00000171. The molecule has 0 aromatic carbocycles. The van der Waals surface area contributed by atoms with Gasteiger partial charge in [-0.05, 0) is 51.5 Å². The van der Waals surface area contributed by atoms with Crippen molar-refractivity contribution >= 4 is 17.4 Å². The van der Waals surface area contributed by atoms with Crippen molar-refractivity contribution in [3.8, 4) is 12.8 Å². The maximum atomic E-state index is 12.2. The molecule has 1 aromatic rings. The van der Waals surface area contributed by atoms with Crippen LogP contribution in [-0.2, 0) is 4.79 Å². The number of terminal acetylenes is 1. The molecule has 7 heteroatoms. The van der Waals surface area contributed by atoms with Crippen molar-refractivity contribution < 1.29 is 14.3 Å². The molecule has 2 rings (SSSR count). The van der Waals surface area contributed by atoms with Gasteiger partial charge in [-0.3, -0.25) is 4.79 Å². The summed E-state index contributed by atoms with van der Waals surface area (Å²) < 4.78 is 5.25. The molecule has 2 unspecified atom stereocenters. The SMILES string of the molecule is C#C.CC.CC(C)=C(N=C(N)CC(=O)NC1CCCC(O)CC1)c1ncco1. The Bertz CT molecular complexity index is 644. The van der Waals surface area contributed by atoms with E-state index in [4.69, 9.17) is 10.2 Å². The van der Waals surface area contributed by atoms with E-state index in [-0.39, 0.29) is 30.3 Å². The Morgan fingerprint density at radius 1 is 1.32 bits per heavy atom. The van der Waals surface area contributed by atoms with E-state index in [2.05, 4.69) is 28.1 Å². The zero-order chi connectivity index (χ0) is 21.5. The van der Waals surface area contributed by atoms with Crippen LogP contribution in [0.1, 0.15) is 72.1 Å². The first-order valence-electron chi connectivity index (χ1n) is 9.67. The molecule has 0 aliphatic heterocycles. The van der Waals surface area contributed by atoms with E-state index in [0.29, 0.717) is 11.6 Å². The number of hydrogen-bond acceptors (Lipinski definition) is 5. The van der Waals surface area contributed by atoms with Crippen LogP contribution in [0.5, 0.6) is 0 Å². The van der Waals surface area contributed by atoms with Crippen LogP contribution in [0.2, 0.25) is 0 Å². The lowest BCUT2D eigenvalue weighted by molar-refractivity contribution is -0.120. The van der Waals surface area contributed by atoms with E-state index in [1.54, 1.807) is 0 Å². The molecule has 0 bridgehead atoms. The molecule has 7 nitrogen and oxygen atoms in total. The first-order valence-corrected chi connectivity index (χ1v) is 9.67. The molecule has 1 aromatic heterocycles. The van der Waals surface area contributed by atoms with E-state index >= 15 is 0 Å². The number of carbonyl (C=O) groups is 1. The predicted molar refractivity (Wildman–Crippen MR) is 113 cm³/mol. The van der Waals surface area contributed by atoms with E-state index in [1.807, 2.05) is 27.7 Å². The predicted octanol–water partition coefficient (Wildman–Crippen LogP) is 3.26. The minimum Gasteiger partial charge on any atom is -0.443 e. The maximum Gasteiger partial charge on any atom is 0.244 e. The molecule has 2 atom stereocenters. The smallest absolute Gasteiger partial charge is 0.244 e. The average Bonchev–Trinajstić information content (AvgIpc) is 3.13. The number of amidine groups is 1. The molecule has 1 amide bonds. The monoisotopic (exact) mass is 390 g/mol. The van der Waals surface area contributed by atoms with Crippen LogP contribution < -0.4 is 11.1 Å². The van der Waals surface area contributed by atoms with Gasteiger partial charge in [0.2, 0.25) is 11.8 Å². The van der Waals surface area contributed by atoms with Gasteiger partial charge in [0.05, 0.1) is 18.7 Å². The van der Waals surface area contributed by atoms with Gasteiger partial charge >= 0.3 is 0 Å². The Morgan fingerprint density at radius 3 is 2.57 bits per heavy atom. The summed E-state index contributed by atoms with van der Waals surface area (Å²) in [4.78, 5) is 20.5. The number of oxazole rings is 1. The van der Waals surface area contributed by atoms with Crippen LogP contribution in [0.4, 0.5) is 0 Å². The molecule has 1 aliphatic carbocycles. The van der Waals surface area contributed by atoms with Crippen LogP contribution in [0.25, 0.3) is 5.70 Å². The molecule has 1 saturated carbocycles. The average molecular weight is 391 g/mol. The third-order valence-corrected chi connectivity index (χ3v) is 4.01. The minimum atomic E-state index is -0.250. The maximum absolute atomic E-state index is 12.2. The molecule has 1 fully saturated rings. The Hall–Kier alpha value is -2.59. The molecule has 156 valence electrons. The van der Waals surface area contributed by atoms with E-state index in [0.717, 1.165) is 37.7 Å². The highest BCUT2D eigenvalue weighted by atomic mass is 16.3. The number of rotatable bonds is 5. The second-order valence-electron chi connectivity index (χ2n) is 6.39. The summed E-state index contributed by atoms with van der Waals surface area (Å²) in [7, 11) is 0. The van der Waals surface area contributed by atoms with Gasteiger partial charge in [0.25, 0.3) is 0 Å². The summed E-state index contributed by atoms with van der Waals surface area (Å²) >= 11 is 0. The summed E-state index contributed by atoms with van der Waals surface area (Å²) in [6.07, 6.45) is 14.9. The van der Waals surface area contributed by atoms with Gasteiger partial charge in [0.1, 0.15) is 17.8 Å². The summed E-state index contributed by atoms with van der Waals surface area (Å²) in [5.41, 5.74) is 7.37. The molecular weight excluding hydrogens is 356 g/mol. The van der Waals surface area contributed by atoms with Gasteiger partial charge in [-0.2, -0.15) is 0 Å². The third kappa shape index (κ3) is 9.38. The summed E-state index contributed by atoms with van der Waals surface area (Å²) in [6.45, 7) is 7.76. The fourth-order valence-electron chi connectivity index (χ4n) is 2.77. The third-order valence-electron chi connectivity index (χ3n) is 4.01. The van der Waals surface area contributed by atoms with Crippen molar-refractivity contribution in [2.45, 2.75) is 78.4 Å². The lowest BCUT2D eigenvalue weighted by Gasteiger charge is -2.16. The van der Waals surface area contributed by atoms with Crippen molar-refractivity contribution in [1.82, 2.24) is 10.3 Å². The fraction of sp³-hybridized carbons (Fsp3) is 0.571. The van der Waals surface area contributed by atoms with Crippen LogP contribution in [-0.4, -0.2) is 34.0 Å². The van der Waals surface area contributed by atoms with Crippen LogP contribution in [0, 0.1) is 12.8 Å². The number of hydrogen-bond donors (Lipinski definition) is 3. The van der Waals surface area contributed by atoms with Gasteiger partial charge in [-0.15, -0.1) is 12.8 Å². The van der Waals surface area contributed by atoms with E-state index in [1.165, 1.54) is 12.5 Å². The van der Waals surface area contributed by atoms with Gasteiger partial charge < -0.3 is 20.6 Å². The second-order valence-corrected chi connectivity index (χ2v) is 6.39. The first-order chi connectivity index (χ1) is 13.5. The van der Waals surface area contributed by atoms with Crippen molar-refractivity contribution in [2.24, 2.45) is 10.7 Å². The number of aliphatic hydroxyl groups excluding tert-OH is 1.